The Bertz CT molecular complexity index is 272. The summed E-state index contributed by atoms with van der Waals surface area (Å²) >= 11 is 0. The molecule has 0 saturated heterocycles. The molecule has 1 nitrogen and oxygen atoms in total. The van der Waals surface area contributed by atoms with Gasteiger partial charge in [0.15, 0.2) is 0 Å². The Morgan fingerprint density at radius 3 is 2.31 bits per heavy atom. The van der Waals surface area contributed by atoms with Gasteiger partial charge in [0.05, 0.1) is 6.61 Å². The Labute approximate surface area is 99.8 Å². The van der Waals surface area contributed by atoms with E-state index in [9.17, 15) is 0 Å². The van der Waals surface area contributed by atoms with Crippen molar-refractivity contribution in [3.8, 4) is 0 Å². The average Bonchev–Trinajstić information content (AvgIpc) is 3.14. The molecule has 0 spiro atoms. The van der Waals surface area contributed by atoms with Crippen molar-refractivity contribution < 1.29 is 4.74 Å². The van der Waals surface area contributed by atoms with Gasteiger partial charge >= 0.3 is 0 Å². The molecule has 1 saturated carbocycles. The quantitative estimate of drug-likeness (QED) is 0.682. The van der Waals surface area contributed by atoms with E-state index in [0.717, 1.165) is 25.6 Å². The normalized spacial score (nSPS) is 14.2. The highest BCUT2D eigenvalue weighted by atomic mass is 16.5. The summed E-state index contributed by atoms with van der Waals surface area (Å²) in [6.07, 6.45) is 3.81. The number of benzene rings is 1. The van der Waals surface area contributed by atoms with Gasteiger partial charge in [-0.2, -0.15) is 0 Å². The first kappa shape index (κ1) is 13.2. The molecule has 16 heavy (non-hydrogen) atoms. The third kappa shape index (κ3) is 5.32. The molecular formula is C15H24O. The Morgan fingerprint density at radius 2 is 1.75 bits per heavy atom. The molecule has 2 rings (SSSR count). The second-order valence-corrected chi connectivity index (χ2v) is 4.25. The van der Waals surface area contributed by atoms with Gasteiger partial charge in [0.2, 0.25) is 0 Å². The Morgan fingerprint density at radius 1 is 1.12 bits per heavy atom. The van der Waals surface area contributed by atoms with Crippen molar-refractivity contribution in [2.45, 2.75) is 40.0 Å². The third-order valence-corrected chi connectivity index (χ3v) is 2.71. The van der Waals surface area contributed by atoms with E-state index in [-0.39, 0.29) is 0 Å². The van der Waals surface area contributed by atoms with Crippen LogP contribution in [0.2, 0.25) is 0 Å². The van der Waals surface area contributed by atoms with Crippen molar-refractivity contribution >= 4 is 0 Å². The van der Waals surface area contributed by atoms with Crippen LogP contribution in [0.5, 0.6) is 0 Å². The first-order chi connectivity index (χ1) is 7.84. The Kier molecular flexibility index (Phi) is 6.17. The molecule has 0 unspecified atom stereocenters. The summed E-state index contributed by atoms with van der Waals surface area (Å²) in [6, 6.07) is 8.71. The van der Waals surface area contributed by atoms with Crippen LogP contribution in [0.4, 0.5) is 0 Å². The first-order valence-corrected chi connectivity index (χ1v) is 6.48. The number of rotatable bonds is 5. The maximum Gasteiger partial charge on any atom is 0.0506 e. The van der Waals surface area contributed by atoms with E-state index in [1.165, 1.54) is 24.0 Å². The minimum atomic E-state index is 0.875. The number of ether oxygens (including phenoxy) is 1. The van der Waals surface area contributed by atoms with Crippen LogP contribution in [0.15, 0.2) is 24.3 Å². The summed E-state index contributed by atoms with van der Waals surface area (Å²) in [4.78, 5) is 0. The molecule has 1 aromatic carbocycles. The fourth-order valence-corrected chi connectivity index (χ4v) is 1.48. The molecule has 0 radical (unpaired) electrons. The molecule has 1 aliphatic rings. The summed E-state index contributed by atoms with van der Waals surface area (Å²) in [5.41, 5.74) is 2.71. The van der Waals surface area contributed by atoms with Crippen LogP contribution in [0.3, 0.4) is 0 Å². The predicted octanol–water partition coefficient (Wildman–Crippen LogP) is 3.99. The molecule has 0 atom stereocenters. The number of aryl methyl sites for hydroxylation is 1. The zero-order valence-electron chi connectivity index (χ0n) is 10.8. The van der Waals surface area contributed by atoms with Crippen LogP contribution in [-0.2, 0) is 11.2 Å². The predicted molar refractivity (Wildman–Crippen MR) is 69.8 cm³/mol. The average molecular weight is 220 g/mol. The summed E-state index contributed by atoms with van der Waals surface area (Å²) in [6.45, 7) is 7.97. The minimum Gasteiger partial charge on any atom is -0.381 e. The van der Waals surface area contributed by atoms with E-state index in [4.69, 9.17) is 4.74 Å². The second-order valence-electron chi connectivity index (χ2n) is 4.25. The molecule has 90 valence electrons. The lowest BCUT2D eigenvalue weighted by molar-refractivity contribution is 0.127. The van der Waals surface area contributed by atoms with E-state index in [1.807, 2.05) is 13.8 Å². The third-order valence-electron chi connectivity index (χ3n) is 2.71. The lowest BCUT2D eigenvalue weighted by Crippen LogP contribution is -2.01. The summed E-state index contributed by atoms with van der Waals surface area (Å²) in [7, 11) is 0. The van der Waals surface area contributed by atoms with E-state index in [0.29, 0.717) is 0 Å². The van der Waals surface area contributed by atoms with Crippen LogP contribution < -0.4 is 0 Å². The zero-order chi connectivity index (χ0) is 11.8. The summed E-state index contributed by atoms with van der Waals surface area (Å²) in [5, 5.41) is 0. The fraction of sp³-hybridized carbons (Fsp3) is 0.600. The smallest absolute Gasteiger partial charge is 0.0506 e. The molecule has 0 aromatic heterocycles. The second kappa shape index (κ2) is 7.45. The molecule has 0 heterocycles. The van der Waals surface area contributed by atoms with Crippen molar-refractivity contribution in [3.63, 3.8) is 0 Å². The highest BCUT2D eigenvalue weighted by Crippen LogP contribution is 2.28. The van der Waals surface area contributed by atoms with Crippen molar-refractivity contribution in [2.75, 3.05) is 13.2 Å². The highest BCUT2D eigenvalue weighted by molar-refractivity contribution is 5.21. The minimum absolute atomic E-state index is 0.875. The Balaban J connectivity index is 0.000000606. The maximum atomic E-state index is 5.59. The van der Waals surface area contributed by atoms with Gasteiger partial charge in [0.1, 0.15) is 0 Å². The van der Waals surface area contributed by atoms with E-state index in [2.05, 4.69) is 31.2 Å². The lowest BCUT2D eigenvalue weighted by Gasteiger charge is -2.03. The largest absolute Gasteiger partial charge is 0.381 e. The highest BCUT2D eigenvalue weighted by Gasteiger charge is 2.20. The van der Waals surface area contributed by atoms with Crippen LogP contribution in [0.25, 0.3) is 0 Å². The zero-order valence-corrected chi connectivity index (χ0v) is 10.8. The van der Waals surface area contributed by atoms with Crippen molar-refractivity contribution in [1.29, 1.82) is 0 Å². The number of hydrogen-bond acceptors (Lipinski definition) is 1. The number of hydrogen-bond donors (Lipinski definition) is 0. The van der Waals surface area contributed by atoms with Gasteiger partial charge in [-0.05, 0) is 37.7 Å². The monoisotopic (exact) mass is 220 g/mol. The van der Waals surface area contributed by atoms with Crippen molar-refractivity contribution in [1.82, 2.24) is 0 Å². The summed E-state index contributed by atoms with van der Waals surface area (Å²) < 4.78 is 5.59. The van der Waals surface area contributed by atoms with Gasteiger partial charge in [-0.3, -0.25) is 0 Å². The van der Waals surface area contributed by atoms with Crippen LogP contribution in [0, 0.1) is 12.8 Å². The molecule has 0 N–H and O–H groups in total. The molecule has 1 aliphatic carbocycles. The molecule has 1 heteroatoms. The van der Waals surface area contributed by atoms with Crippen molar-refractivity contribution in [3.05, 3.63) is 35.4 Å². The van der Waals surface area contributed by atoms with Gasteiger partial charge in [-0.1, -0.05) is 43.7 Å². The van der Waals surface area contributed by atoms with Crippen LogP contribution in [0.1, 0.15) is 37.8 Å². The van der Waals surface area contributed by atoms with Gasteiger partial charge in [0.25, 0.3) is 0 Å². The standard InChI is InChI=1S/C13H18O.C2H6/c1-11-2-4-12(5-3-11)8-9-14-10-13-6-7-13;1-2/h2-5,13H,6-10H2,1H3;1-2H3. The molecule has 0 aliphatic heterocycles. The lowest BCUT2D eigenvalue weighted by atomic mass is 10.1. The molecule has 0 bridgehead atoms. The molecule has 1 fully saturated rings. The molecular weight excluding hydrogens is 196 g/mol. The molecule has 0 amide bonds. The SMILES string of the molecule is CC.Cc1ccc(CCOCC2CC2)cc1. The molecule has 1 aromatic rings. The van der Waals surface area contributed by atoms with Crippen LogP contribution >= 0.6 is 0 Å². The van der Waals surface area contributed by atoms with E-state index >= 15 is 0 Å². The van der Waals surface area contributed by atoms with Gasteiger partial charge in [-0.25, -0.2) is 0 Å². The summed E-state index contributed by atoms with van der Waals surface area (Å²) in [5.74, 6) is 0.882. The Hall–Kier alpha value is -0.820. The fourth-order valence-electron chi connectivity index (χ4n) is 1.48. The van der Waals surface area contributed by atoms with Gasteiger partial charge < -0.3 is 4.74 Å². The van der Waals surface area contributed by atoms with Gasteiger partial charge in [-0.15, -0.1) is 0 Å². The van der Waals surface area contributed by atoms with Crippen molar-refractivity contribution in [2.24, 2.45) is 5.92 Å². The first-order valence-electron chi connectivity index (χ1n) is 6.48. The topological polar surface area (TPSA) is 9.23 Å². The van der Waals surface area contributed by atoms with Crippen LogP contribution in [-0.4, -0.2) is 13.2 Å². The maximum absolute atomic E-state index is 5.59. The van der Waals surface area contributed by atoms with E-state index < -0.39 is 0 Å². The van der Waals surface area contributed by atoms with E-state index in [1.54, 1.807) is 0 Å². The van der Waals surface area contributed by atoms with Gasteiger partial charge in [0, 0.05) is 6.61 Å².